The normalized spacial score (nSPS) is 12.0. The number of thioether (sulfide) groups is 1. The summed E-state index contributed by atoms with van der Waals surface area (Å²) in [5.41, 5.74) is 0.337. The molecule has 0 aliphatic carbocycles. The Morgan fingerprint density at radius 2 is 1.87 bits per heavy atom. The maximum Gasteiger partial charge on any atom is 0.234 e. The van der Waals surface area contributed by atoms with Crippen molar-refractivity contribution in [2.75, 3.05) is 11.1 Å². The van der Waals surface area contributed by atoms with Crippen LogP contribution in [0.3, 0.4) is 0 Å². The van der Waals surface area contributed by atoms with E-state index in [1.807, 2.05) is 0 Å². The fraction of sp³-hybridized carbons (Fsp3) is 0.211. The summed E-state index contributed by atoms with van der Waals surface area (Å²) < 4.78 is 34.0. The predicted octanol–water partition coefficient (Wildman–Crippen LogP) is 5.92. The number of hydrogen-bond donors (Lipinski definition) is 1. The molecule has 2 aromatic carbocycles. The molecule has 12 heteroatoms. The third-order valence-corrected chi connectivity index (χ3v) is 6.10. The van der Waals surface area contributed by atoms with E-state index in [0.717, 1.165) is 23.9 Å². The molecule has 0 radical (unpaired) electrons. The first-order valence-electron chi connectivity index (χ1n) is 8.74. The van der Waals surface area contributed by atoms with Crippen LogP contribution in [-0.2, 0) is 11.8 Å². The van der Waals surface area contributed by atoms with Gasteiger partial charge in [-0.2, -0.15) is 0 Å². The summed E-state index contributed by atoms with van der Waals surface area (Å²) in [6.07, 6.45) is -0.671. The van der Waals surface area contributed by atoms with Crippen molar-refractivity contribution < 1.29 is 18.3 Å². The summed E-state index contributed by atoms with van der Waals surface area (Å²) in [5.74, 6) is -1.54. The summed E-state index contributed by atoms with van der Waals surface area (Å²) in [4.78, 5) is 12.3. The van der Waals surface area contributed by atoms with Crippen LogP contribution in [0.15, 0.2) is 35.5 Å². The third-order valence-electron chi connectivity index (χ3n) is 4.05. The molecule has 3 rings (SSSR count). The lowest BCUT2D eigenvalue weighted by molar-refractivity contribution is -0.113. The Bertz CT molecular complexity index is 1130. The Morgan fingerprint density at radius 3 is 2.58 bits per heavy atom. The number of nitrogens with one attached hydrogen (secondary N) is 1. The number of rotatable bonds is 7. The van der Waals surface area contributed by atoms with Gasteiger partial charge in [0, 0.05) is 13.1 Å². The molecule has 1 N–H and O–H groups in total. The first kappa shape index (κ1) is 23.6. The average molecular weight is 508 g/mol. The Morgan fingerprint density at radius 1 is 1.16 bits per heavy atom. The Balaban J connectivity index is 1.62. The van der Waals surface area contributed by atoms with Crippen molar-refractivity contribution >= 4 is 58.2 Å². The van der Waals surface area contributed by atoms with Crippen LogP contribution in [0, 0.1) is 11.6 Å². The highest BCUT2D eigenvalue weighted by molar-refractivity contribution is 7.99. The quantitative estimate of drug-likeness (QED) is 0.317. The SMILES string of the molecule is CC(Oc1ccc(F)cc1F)c1nnc(SCC(=O)Nc2cc(Cl)c(Cl)cc2Cl)n1C. The van der Waals surface area contributed by atoms with Gasteiger partial charge in [0.05, 0.1) is 26.5 Å². The van der Waals surface area contributed by atoms with Gasteiger partial charge in [0.15, 0.2) is 28.7 Å². The van der Waals surface area contributed by atoms with Gasteiger partial charge in [0.25, 0.3) is 0 Å². The summed E-state index contributed by atoms with van der Waals surface area (Å²) in [5, 5.41) is 12.0. The largest absolute Gasteiger partial charge is 0.480 e. The van der Waals surface area contributed by atoms with Crippen LogP contribution >= 0.6 is 46.6 Å². The zero-order valence-corrected chi connectivity index (χ0v) is 19.2. The predicted molar refractivity (Wildman–Crippen MR) is 117 cm³/mol. The maximum atomic E-state index is 13.8. The second-order valence-electron chi connectivity index (χ2n) is 6.32. The summed E-state index contributed by atoms with van der Waals surface area (Å²) in [6, 6.07) is 5.93. The molecule has 0 bridgehead atoms. The molecule has 0 saturated carbocycles. The van der Waals surface area contributed by atoms with Crippen LogP contribution in [0.2, 0.25) is 15.1 Å². The van der Waals surface area contributed by atoms with Gasteiger partial charge < -0.3 is 14.6 Å². The number of hydrogen-bond acceptors (Lipinski definition) is 5. The van der Waals surface area contributed by atoms with E-state index in [4.69, 9.17) is 39.5 Å². The molecular formula is C19H15Cl3F2N4O2S. The first-order chi connectivity index (χ1) is 14.7. The first-order valence-corrected chi connectivity index (χ1v) is 10.9. The number of halogens is 5. The number of carbonyl (C=O) groups is 1. The van der Waals surface area contributed by atoms with Gasteiger partial charge in [-0.15, -0.1) is 10.2 Å². The number of nitrogens with zero attached hydrogens (tertiary/aromatic N) is 3. The molecule has 1 amide bonds. The molecule has 164 valence electrons. The van der Waals surface area contributed by atoms with E-state index in [1.165, 1.54) is 18.2 Å². The Kier molecular flexibility index (Phi) is 7.64. The lowest BCUT2D eigenvalue weighted by Crippen LogP contribution is -2.15. The van der Waals surface area contributed by atoms with Gasteiger partial charge in [-0.25, -0.2) is 8.78 Å². The van der Waals surface area contributed by atoms with Gasteiger partial charge in [0.1, 0.15) is 5.82 Å². The van der Waals surface area contributed by atoms with Gasteiger partial charge >= 0.3 is 0 Å². The fourth-order valence-corrected chi connectivity index (χ4v) is 3.87. The minimum atomic E-state index is -0.818. The number of aromatic nitrogens is 3. The zero-order valence-electron chi connectivity index (χ0n) is 16.1. The topological polar surface area (TPSA) is 69.0 Å². The maximum absolute atomic E-state index is 13.8. The van der Waals surface area contributed by atoms with Crippen molar-refractivity contribution in [2.24, 2.45) is 7.05 Å². The summed E-state index contributed by atoms with van der Waals surface area (Å²) in [7, 11) is 1.69. The molecule has 0 fully saturated rings. The third kappa shape index (κ3) is 5.79. The average Bonchev–Trinajstić information content (AvgIpc) is 3.07. The highest BCUT2D eigenvalue weighted by atomic mass is 35.5. The highest BCUT2D eigenvalue weighted by Gasteiger charge is 2.20. The molecule has 0 aliphatic rings. The zero-order chi connectivity index (χ0) is 22.7. The molecule has 0 saturated heterocycles. The van der Waals surface area contributed by atoms with E-state index in [-0.39, 0.29) is 32.5 Å². The van der Waals surface area contributed by atoms with Crippen LogP contribution in [0.4, 0.5) is 14.5 Å². The van der Waals surface area contributed by atoms with E-state index in [1.54, 1.807) is 18.5 Å². The van der Waals surface area contributed by atoms with Crippen LogP contribution in [0.1, 0.15) is 18.9 Å². The van der Waals surface area contributed by atoms with Gasteiger partial charge in [-0.3, -0.25) is 4.79 Å². The molecule has 3 aromatic rings. The number of amides is 1. The lowest BCUT2D eigenvalue weighted by atomic mass is 10.3. The van der Waals surface area contributed by atoms with E-state index in [2.05, 4.69) is 15.5 Å². The van der Waals surface area contributed by atoms with E-state index >= 15 is 0 Å². The van der Waals surface area contributed by atoms with E-state index in [9.17, 15) is 13.6 Å². The number of benzene rings is 2. The van der Waals surface area contributed by atoms with Crippen LogP contribution in [-0.4, -0.2) is 26.4 Å². The fourth-order valence-electron chi connectivity index (χ4n) is 2.55. The molecule has 1 unspecified atom stereocenters. The monoisotopic (exact) mass is 506 g/mol. The Labute approximate surface area is 195 Å². The second-order valence-corrected chi connectivity index (χ2v) is 8.48. The number of ether oxygens (including phenoxy) is 1. The molecule has 1 atom stereocenters. The molecule has 0 aliphatic heterocycles. The van der Waals surface area contributed by atoms with Crippen molar-refractivity contribution in [2.45, 2.75) is 18.2 Å². The van der Waals surface area contributed by atoms with Crippen molar-refractivity contribution in [3.8, 4) is 5.75 Å². The summed E-state index contributed by atoms with van der Waals surface area (Å²) >= 11 is 19.0. The van der Waals surface area contributed by atoms with E-state index in [0.29, 0.717) is 16.7 Å². The van der Waals surface area contributed by atoms with Crippen LogP contribution in [0.25, 0.3) is 0 Å². The highest BCUT2D eigenvalue weighted by Crippen LogP contribution is 2.32. The van der Waals surface area contributed by atoms with E-state index < -0.39 is 17.7 Å². The molecular weight excluding hydrogens is 493 g/mol. The smallest absolute Gasteiger partial charge is 0.234 e. The van der Waals surface area contributed by atoms with Crippen molar-refractivity contribution in [1.82, 2.24) is 14.8 Å². The van der Waals surface area contributed by atoms with Crippen LogP contribution in [0.5, 0.6) is 5.75 Å². The minimum absolute atomic E-state index is 0.0182. The van der Waals surface area contributed by atoms with Crippen molar-refractivity contribution in [1.29, 1.82) is 0 Å². The minimum Gasteiger partial charge on any atom is -0.480 e. The number of carbonyl (C=O) groups excluding carboxylic acids is 1. The van der Waals surface area contributed by atoms with Crippen molar-refractivity contribution in [3.05, 3.63) is 62.9 Å². The van der Waals surface area contributed by atoms with Crippen molar-refractivity contribution in [3.63, 3.8) is 0 Å². The standard InChI is InChI=1S/C19H15Cl3F2N4O2S/c1-9(30-16-4-3-10(23)5-14(16)24)18-26-27-19(28(18)2)31-8-17(29)25-15-7-12(21)11(20)6-13(15)22/h3-7,9H,8H2,1-2H3,(H,25,29). The van der Waals surface area contributed by atoms with Gasteiger partial charge in [-0.1, -0.05) is 46.6 Å². The van der Waals surface area contributed by atoms with Crippen LogP contribution < -0.4 is 10.1 Å². The Hall–Kier alpha value is -2.07. The lowest BCUT2D eigenvalue weighted by Gasteiger charge is -2.14. The summed E-state index contributed by atoms with van der Waals surface area (Å²) in [6.45, 7) is 1.65. The van der Waals surface area contributed by atoms with Gasteiger partial charge in [-0.05, 0) is 31.2 Å². The number of anilines is 1. The van der Waals surface area contributed by atoms with Gasteiger partial charge in [0.2, 0.25) is 5.91 Å². The molecule has 0 spiro atoms. The molecule has 6 nitrogen and oxygen atoms in total. The second kappa shape index (κ2) is 10.0. The molecule has 1 heterocycles. The molecule has 31 heavy (non-hydrogen) atoms. The molecule has 1 aromatic heterocycles.